The smallest absolute Gasteiger partial charge is 0.124 e. The Hall–Kier alpha value is -0.990. The molecule has 0 radical (unpaired) electrons. The Bertz CT molecular complexity index is 314. The molecule has 1 N–H and O–H groups in total. The summed E-state index contributed by atoms with van der Waals surface area (Å²) in [5, 5.41) is 8.01. The Labute approximate surface area is 85.5 Å². The van der Waals surface area contributed by atoms with Crippen LogP contribution < -0.4 is 5.32 Å². The summed E-state index contributed by atoms with van der Waals surface area (Å²) in [5.41, 5.74) is 1.22. The number of hydrogen-bond donors (Lipinski definition) is 1. The van der Waals surface area contributed by atoms with Crippen LogP contribution in [0, 0.1) is 5.92 Å². The van der Waals surface area contributed by atoms with E-state index in [1.165, 1.54) is 17.9 Å². The molecule has 0 amide bonds. The van der Waals surface area contributed by atoms with E-state index in [-0.39, 0.29) is 0 Å². The van der Waals surface area contributed by atoms with Gasteiger partial charge in [0.25, 0.3) is 0 Å². The Kier molecular flexibility index (Phi) is 2.48. The summed E-state index contributed by atoms with van der Waals surface area (Å²) in [7, 11) is 0. The normalized spacial score (nSPS) is 20.7. The van der Waals surface area contributed by atoms with Crippen molar-refractivity contribution in [3.63, 3.8) is 0 Å². The van der Waals surface area contributed by atoms with Gasteiger partial charge in [-0.2, -0.15) is 5.10 Å². The lowest BCUT2D eigenvalue weighted by Crippen LogP contribution is -2.21. The third-order valence-electron chi connectivity index (χ3n) is 2.69. The van der Waals surface area contributed by atoms with Gasteiger partial charge in [-0.3, -0.25) is 0 Å². The van der Waals surface area contributed by atoms with Crippen LogP contribution in [0.15, 0.2) is 6.07 Å². The van der Waals surface area contributed by atoms with Crippen molar-refractivity contribution in [2.45, 2.75) is 39.7 Å². The molecule has 0 spiro atoms. The number of anilines is 1. The maximum absolute atomic E-state index is 4.63. The highest BCUT2D eigenvalue weighted by Crippen LogP contribution is 2.24. The van der Waals surface area contributed by atoms with E-state index in [0.29, 0.717) is 12.0 Å². The highest BCUT2D eigenvalue weighted by molar-refractivity contribution is 5.39. The molecular weight excluding hydrogens is 174 g/mol. The summed E-state index contributed by atoms with van der Waals surface area (Å²) < 4.78 is 2.13. The van der Waals surface area contributed by atoms with Crippen molar-refractivity contribution in [3.05, 3.63) is 11.8 Å². The number of fused-ring (bicyclic) bond motifs is 1. The zero-order chi connectivity index (χ0) is 10.1. The van der Waals surface area contributed by atoms with Crippen LogP contribution in [0.2, 0.25) is 0 Å². The fourth-order valence-electron chi connectivity index (χ4n) is 1.96. The molecule has 1 aromatic rings. The highest BCUT2D eigenvalue weighted by atomic mass is 15.4. The van der Waals surface area contributed by atoms with Gasteiger partial charge in [0.15, 0.2) is 0 Å². The van der Waals surface area contributed by atoms with Gasteiger partial charge in [0.2, 0.25) is 0 Å². The molecule has 14 heavy (non-hydrogen) atoms. The monoisotopic (exact) mass is 193 g/mol. The average molecular weight is 193 g/mol. The Morgan fingerprint density at radius 1 is 1.64 bits per heavy atom. The highest BCUT2D eigenvalue weighted by Gasteiger charge is 2.17. The molecule has 2 rings (SSSR count). The van der Waals surface area contributed by atoms with Crippen molar-refractivity contribution >= 4 is 5.82 Å². The van der Waals surface area contributed by atoms with Crippen LogP contribution in [0.4, 0.5) is 5.82 Å². The van der Waals surface area contributed by atoms with Gasteiger partial charge in [-0.15, -0.1) is 0 Å². The summed E-state index contributed by atoms with van der Waals surface area (Å²) in [4.78, 5) is 0. The van der Waals surface area contributed by atoms with Crippen LogP contribution in [0.3, 0.4) is 0 Å². The first-order chi connectivity index (χ1) is 6.66. The minimum absolute atomic E-state index is 0.548. The summed E-state index contributed by atoms with van der Waals surface area (Å²) in [6.07, 6.45) is 2.25. The second kappa shape index (κ2) is 3.64. The van der Waals surface area contributed by atoms with Gasteiger partial charge in [0.05, 0.1) is 11.7 Å². The van der Waals surface area contributed by atoms with Crippen molar-refractivity contribution in [1.29, 1.82) is 0 Å². The van der Waals surface area contributed by atoms with E-state index < -0.39 is 0 Å². The predicted octanol–water partition coefficient (Wildman–Crippen LogP) is 2.46. The third-order valence-corrected chi connectivity index (χ3v) is 2.69. The topological polar surface area (TPSA) is 29.9 Å². The molecule has 3 heteroatoms. The van der Waals surface area contributed by atoms with Crippen molar-refractivity contribution in [1.82, 2.24) is 9.78 Å². The summed E-state index contributed by atoms with van der Waals surface area (Å²) in [6, 6.07) is 2.74. The van der Waals surface area contributed by atoms with Crippen LogP contribution >= 0.6 is 0 Å². The molecule has 1 aromatic heterocycles. The zero-order valence-corrected chi connectivity index (χ0v) is 9.25. The Morgan fingerprint density at radius 3 is 3.07 bits per heavy atom. The first-order valence-electron chi connectivity index (χ1n) is 5.49. The second-order valence-electron chi connectivity index (χ2n) is 4.63. The van der Waals surface area contributed by atoms with Gasteiger partial charge in [-0.25, -0.2) is 4.68 Å². The van der Waals surface area contributed by atoms with E-state index in [1.807, 2.05) is 0 Å². The van der Waals surface area contributed by atoms with E-state index in [4.69, 9.17) is 0 Å². The Morgan fingerprint density at radius 2 is 2.43 bits per heavy atom. The van der Waals surface area contributed by atoms with Gasteiger partial charge >= 0.3 is 0 Å². The fraction of sp³-hybridized carbons (Fsp3) is 0.727. The van der Waals surface area contributed by atoms with E-state index in [9.17, 15) is 0 Å². The molecule has 2 heterocycles. The van der Waals surface area contributed by atoms with Gasteiger partial charge in [0.1, 0.15) is 5.82 Å². The molecule has 3 nitrogen and oxygen atoms in total. The average Bonchev–Trinajstić information content (AvgIpc) is 2.47. The molecular formula is C11H19N3. The molecule has 0 aromatic carbocycles. The predicted molar refractivity (Wildman–Crippen MR) is 58.6 cm³/mol. The van der Waals surface area contributed by atoms with Crippen molar-refractivity contribution in [3.8, 4) is 0 Å². The van der Waals surface area contributed by atoms with Gasteiger partial charge in [0, 0.05) is 12.6 Å². The minimum Gasteiger partial charge on any atom is -0.370 e. The number of nitrogens with zero attached hydrogens (tertiary/aromatic N) is 2. The quantitative estimate of drug-likeness (QED) is 0.782. The fourth-order valence-corrected chi connectivity index (χ4v) is 1.96. The van der Waals surface area contributed by atoms with Crippen LogP contribution in [0.1, 0.15) is 38.9 Å². The van der Waals surface area contributed by atoms with Crippen molar-refractivity contribution in [2.75, 3.05) is 11.9 Å². The molecule has 0 bridgehead atoms. The summed E-state index contributed by atoms with van der Waals surface area (Å²) >= 11 is 0. The molecule has 1 aliphatic heterocycles. The van der Waals surface area contributed by atoms with Crippen molar-refractivity contribution in [2.24, 2.45) is 5.92 Å². The number of rotatable bonds is 2. The van der Waals surface area contributed by atoms with E-state index >= 15 is 0 Å². The van der Waals surface area contributed by atoms with Gasteiger partial charge in [-0.05, 0) is 25.7 Å². The van der Waals surface area contributed by atoms with Crippen LogP contribution in [-0.4, -0.2) is 16.3 Å². The van der Waals surface area contributed by atoms with E-state index in [2.05, 4.69) is 41.9 Å². The van der Waals surface area contributed by atoms with Crippen LogP contribution in [-0.2, 0) is 6.42 Å². The molecule has 1 aliphatic rings. The lowest BCUT2D eigenvalue weighted by atomic mass is 10.1. The zero-order valence-electron chi connectivity index (χ0n) is 9.25. The molecule has 1 unspecified atom stereocenters. The maximum Gasteiger partial charge on any atom is 0.124 e. The standard InChI is InChI=1S/C11H19N3/c1-8(2)6-10-7-11-12-5-4-9(3)14(11)13-10/h7-9,12H,4-6H2,1-3H3. The van der Waals surface area contributed by atoms with E-state index in [0.717, 1.165) is 13.0 Å². The first-order valence-corrected chi connectivity index (χ1v) is 5.49. The van der Waals surface area contributed by atoms with Crippen LogP contribution in [0.5, 0.6) is 0 Å². The van der Waals surface area contributed by atoms with E-state index in [1.54, 1.807) is 0 Å². The lowest BCUT2D eigenvalue weighted by molar-refractivity contribution is 0.447. The number of aromatic nitrogens is 2. The molecule has 0 aliphatic carbocycles. The number of nitrogens with one attached hydrogen (secondary N) is 1. The first kappa shape index (κ1) is 9.56. The largest absolute Gasteiger partial charge is 0.370 e. The molecule has 78 valence electrons. The van der Waals surface area contributed by atoms with Gasteiger partial charge < -0.3 is 5.32 Å². The maximum atomic E-state index is 4.63. The molecule has 0 saturated heterocycles. The molecule has 1 atom stereocenters. The summed E-state index contributed by atoms with van der Waals surface area (Å²) in [6.45, 7) is 7.77. The molecule has 0 saturated carbocycles. The minimum atomic E-state index is 0.548. The SMILES string of the molecule is CC(C)Cc1cc2n(n1)C(C)CCN2. The lowest BCUT2D eigenvalue weighted by Gasteiger charge is -2.21. The van der Waals surface area contributed by atoms with Gasteiger partial charge in [-0.1, -0.05) is 13.8 Å². The summed E-state index contributed by atoms with van der Waals surface area (Å²) in [5.74, 6) is 1.88. The Balaban J connectivity index is 2.21. The second-order valence-corrected chi connectivity index (χ2v) is 4.63. The van der Waals surface area contributed by atoms with Crippen LogP contribution in [0.25, 0.3) is 0 Å². The number of hydrogen-bond acceptors (Lipinski definition) is 2. The van der Waals surface area contributed by atoms with Crippen molar-refractivity contribution < 1.29 is 0 Å². The third kappa shape index (κ3) is 1.76. The molecule has 0 fully saturated rings.